The Bertz CT molecular complexity index is 779. The molecule has 0 saturated carbocycles. The largest absolute Gasteiger partial charge is 0.497 e. The van der Waals surface area contributed by atoms with Crippen molar-refractivity contribution in [1.82, 2.24) is 10.1 Å². The molecule has 0 radical (unpaired) electrons. The van der Waals surface area contributed by atoms with Gasteiger partial charge in [-0.3, -0.25) is 0 Å². The van der Waals surface area contributed by atoms with Gasteiger partial charge in [-0.1, -0.05) is 17.3 Å². The van der Waals surface area contributed by atoms with Crippen molar-refractivity contribution in [2.45, 2.75) is 6.42 Å². The molecule has 118 valence electrons. The Morgan fingerprint density at radius 3 is 2.57 bits per heavy atom. The smallest absolute Gasteiger partial charge is 0.231 e. The molecule has 0 fully saturated rings. The fourth-order valence-corrected chi connectivity index (χ4v) is 2.31. The van der Waals surface area contributed by atoms with E-state index in [9.17, 15) is 0 Å². The van der Waals surface area contributed by atoms with Gasteiger partial charge in [-0.2, -0.15) is 4.98 Å². The monoisotopic (exact) mass is 309 g/mol. The van der Waals surface area contributed by atoms with Crippen molar-refractivity contribution >= 4 is 5.69 Å². The molecule has 2 aromatic carbocycles. The zero-order valence-electron chi connectivity index (χ0n) is 13.5. The molecule has 3 aromatic rings. The van der Waals surface area contributed by atoms with Gasteiger partial charge in [0, 0.05) is 25.3 Å². The first-order chi connectivity index (χ1) is 11.2. The molecule has 5 nitrogen and oxygen atoms in total. The van der Waals surface area contributed by atoms with E-state index in [1.807, 2.05) is 67.5 Å². The van der Waals surface area contributed by atoms with Crippen molar-refractivity contribution < 1.29 is 9.26 Å². The zero-order chi connectivity index (χ0) is 16.2. The van der Waals surface area contributed by atoms with Crippen LogP contribution < -0.4 is 9.64 Å². The Balaban J connectivity index is 1.77. The van der Waals surface area contributed by atoms with Gasteiger partial charge in [-0.15, -0.1) is 0 Å². The van der Waals surface area contributed by atoms with Crippen LogP contribution in [0.1, 0.15) is 11.5 Å². The molecule has 0 amide bonds. The van der Waals surface area contributed by atoms with Crippen molar-refractivity contribution in [1.29, 1.82) is 0 Å². The van der Waals surface area contributed by atoms with Crippen molar-refractivity contribution in [2.75, 3.05) is 26.1 Å². The average molecular weight is 309 g/mol. The van der Waals surface area contributed by atoms with Crippen LogP contribution in [-0.4, -0.2) is 31.3 Å². The summed E-state index contributed by atoms with van der Waals surface area (Å²) in [5.41, 5.74) is 3.15. The van der Waals surface area contributed by atoms with E-state index in [-0.39, 0.29) is 0 Å². The second-order valence-corrected chi connectivity index (χ2v) is 5.48. The molecule has 3 rings (SSSR count). The molecule has 0 N–H and O–H groups in total. The fraction of sp³-hybridized carbons (Fsp3) is 0.222. The van der Waals surface area contributed by atoms with Gasteiger partial charge in [0.15, 0.2) is 0 Å². The van der Waals surface area contributed by atoms with E-state index in [0.29, 0.717) is 18.1 Å². The molecule has 0 aliphatic carbocycles. The Hall–Kier alpha value is -2.82. The summed E-state index contributed by atoms with van der Waals surface area (Å²) in [6, 6.07) is 15.9. The summed E-state index contributed by atoms with van der Waals surface area (Å²) in [4.78, 5) is 6.52. The molecule has 0 bridgehead atoms. The van der Waals surface area contributed by atoms with E-state index in [1.165, 1.54) is 0 Å². The number of methoxy groups -OCH3 is 1. The molecular formula is C18H19N3O2. The highest BCUT2D eigenvalue weighted by Gasteiger charge is 2.10. The van der Waals surface area contributed by atoms with E-state index in [1.54, 1.807) is 7.11 Å². The predicted octanol–water partition coefficient (Wildman–Crippen LogP) is 3.40. The van der Waals surface area contributed by atoms with E-state index < -0.39 is 0 Å². The quantitative estimate of drug-likeness (QED) is 0.723. The molecule has 1 aromatic heterocycles. The summed E-state index contributed by atoms with van der Waals surface area (Å²) in [7, 11) is 5.67. The minimum atomic E-state index is 0.583. The van der Waals surface area contributed by atoms with Crippen LogP contribution in [0.3, 0.4) is 0 Å². The van der Waals surface area contributed by atoms with E-state index >= 15 is 0 Å². The highest BCUT2D eigenvalue weighted by atomic mass is 16.5. The normalized spacial score (nSPS) is 10.6. The van der Waals surface area contributed by atoms with Crippen molar-refractivity contribution in [3.05, 3.63) is 60.0 Å². The first-order valence-corrected chi connectivity index (χ1v) is 7.39. The van der Waals surface area contributed by atoms with Gasteiger partial charge >= 0.3 is 0 Å². The van der Waals surface area contributed by atoms with Crippen LogP contribution in [0.5, 0.6) is 5.75 Å². The number of hydrogen-bond acceptors (Lipinski definition) is 5. The molecule has 0 unspecified atom stereocenters. The highest BCUT2D eigenvalue weighted by Crippen LogP contribution is 2.21. The zero-order valence-corrected chi connectivity index (χ0v) is 13.5. The molecular weight excluding hydrogens is 290 g/mol. The second-order valence-electron chi connectivity index (χ2n) is 5.48. The van der Waals surface area contributed by atoms with Crippen LogP contribution >= 0.6 is 0 Å². The first-order valence-electron chi connectivity index (χ1n) is 7.39. The third-order valence-corrected chi connectivity index (χ3v) is 3.60. The summed E-state index contributed by atoms with van der Waals surface area (Å²) in [6.45, 7) is 0. The molecule has 0 spiro atoms. The van der Waals surface area contributed by atoms with Crippen molar-refractivity contribution in [3.63, 3.8) is 0 Å². The third-order valence-electron chi connectivity index (χ3n) is 3.60. The molecule has 23 heavy (non-hydrogen) atoms. The number of hydrogen-bond donors (Lipinski definition) is 0. The predicted molar refractivity (Wildman–Crippen MR) is 89.9 cm³/mol. The van der Waals surface area contributed by atoms with Gasteiger partial charge < -0.3 is 14.2 Å². The lowest BCUT2D eigenvalue weighted by molar-refractivity contribution is 0.385. The summed E-state index contributed by atoms with van der Waals surface area (Å²) >= 11 is 0. The first kappa shape index (κ1) is 15.1. The molecule has 5 heteroatoms. The van der Waals surface area contributed by atoms with Gasteiger partial charge in [0.2, 0.25) is 11.7 Å². The van der Waals surface area contributed by atoms with Crippen LogP contribution in [0.2, 0.25) is 0 Å². The lowest BCUT2D eigenvalue weighted by atomic mass is 10.1. The molecule has 0 aliphatic rings. The summed E-state index contributed by atoms with van der Waals surface area (Å²) < 4.78 is 10.6. The van der Waals surface area contributed by atoms with E-state index in [4.69, 9.17) is 9.26 Å². The summed E-state index contributed by atoms with van der Waals surface area (Å²) in [6.07, 6.45) is 0.583. The van der Waals surface area contributed by atoms with Crippen molar-refractivity contribution in [3.8, 4) is 17.1 Å². The number of anilines is 1. The topological polar surface area (TPSA) is 51.4 Å². The molecule has 0 aliphatic heterocycles. The molecule has 0 saturated heterocycles. The lowest BCUT2D eigenvalue weighted by Crippen LogP contribution is -2.07. The van der Waals surface area contributed by atoms with Crippen LogP contribution in [0.25, 0.3) is 11.4 Å². The number of rotatable bonds is 5. The number of benzene rings is 2. The van der Waals surface area contributed by atoms with Crippen LogP contribution in [0.15, 0.2) is 53.1 Å². The minimum Gasteiger partial charge on any atom is -0.497 e. The maximum Gasteiger partial charge on any atom is 0.231 e. The standard InChI is InChI=1S/C18H19N3O2/c1-21(2)15-9-7-14(8-10-15)18-19-17(23-20-18)12-13-5-4-6-16(11-13)22-3/h4-11H,12H2,1-3H3. The van der Waals surface area contributed by atoms with Crippen LogP contribution in [0, 0.1) is 0 Å². The van der Waals surface area contributed by atoms with E-state index in [2.05, 4.69) is 10.1 Å². The fourth-order valence-electron chi connectivity index (χ4n) is 2.31. The summed E-state index contributed by atoms with van der Waals surface area (Å²) in [5.74, 6) is 2.01. The Kier molecular flexibility index (Phi) is 4.28. The van der Waals surface area contributed by atoms with Gasteiger partial charge in [0.25, 0.3) is 0 Å². The SMILES string of the molecule is COc1cccc(Cc2nc(-c3ccc(N(C)C)cc3)no2)c1. The number of nitrogens with zero attached hydrogens (tertiary/aromatic N) is 3. The highest BCUT2D eigenvalue weighted by molar-refractivity contribution is 5.59. The summed E-state index contributed by atoms with van der Waals surface area (Å²) in [5, 5.41) is 4.07. The maximum atomic E-state index is 5.36. The average Bonchev–Trinajstić information content (AvgIpc) is 3.03. The van der Waals surface area contributed by atoms with Gasteiger partial charge in [0.05, 0.1) is 13.5 Å². The minimum absolute atomic E-state index is 0.583. The Labute approximate surface area is 135 Å². The second kappa shape index (κ2) is 6.52. The molecule has 0 atom stereocenters. The number of aromatic nitrogens is 2. The van der Waals surface area contributed by atoms with Gasteiger partial charge in [0.1, 0.15) is 5.75 Å². The lowest BCUT2D eigenvalue weighted by Gasteiger charge is -2.11. The van der Waals surface area contributed by atoms with Crippen LogP contribution in [-0.2, 0) is 6.42 Å². The van der Waals surface area contributed by atoms with Gasteiger partial charge in [-0.25, -0.2) is 0 Å². The maximum absolute atomic E-state index is 5.36. The number of ether oxygens (including phenoxy) is 1. The van der Waals surface area contributed by atoms with E-state index in [0.717, 1.165) is 22.6 Å². The van der Waals surface area contributed by atoms with Crippen LogP contribution in [0.4, 0.5) is 5.69 Å². The van der Waals surface area contributed by atoms with Crippen molar-refractivity contribution in [2.24, 2.45) is 0 Å². The molecule has 1 heterocycles. The Morgan fingerprint density at radius 1 is 1.09 bits per heavy atom. The van der Waals surface area contributed by atoms with Gasteiger partial charge in [-0.05, 0) is 42.0 Å². The third kappa shape index (κ3) is 3.51. The Morgan fingerprint density at radius 2 is 1.87 bits per heavy atom.